The molecule has 1 heterocycles. The Morgan fingerprint density at radius 1 is 1.04 bits per heavy atom. The van der Waals surface area contributed by atoms with Crippen molar-refractivity contribution in [2.45, 2.75) is 0 Å². The van der Waals surface area contributed by atoms with Gasteiger partial charge in [0.15, 0.2) is 0 Å². The van der Waals surface area contributed by atoms with Crippen LogP contribution in [0.4, 0.5) is 17.2 Å². The lowest BCUT2D eigenvalue weighted by molar-refractivity contribution is 0.0600. The Kier molecular flexibility index (Phi) is 5.63. The number of hydrogen-bond acceptors (Lipinski definition) is 6. The SMILES string of the molecule is COC(=O)c1ccc(NC(=O)c2ccnc(Nc3ccccc3C#N)c2)cc1. The molecule has 138 valence electrons. The Bertz CT molecular complexity index is 1060. The van der Waals surface area contributed by atoms with Gasteiger partial charge in [-0.15, -0.1) is 0 Å². The van der Waals surface area contributed by atoms with E-state index in [4.69, 9.17) is 5.26 Å². The first kappa shape index (κ1) is 18.6. The van der Waals surface area contributed by atoms with E-state index < -0.39 is 5.97 Å². The van der Waals surface area contributed by atoms with E-state index in [1.807, 2.05) is 0 Å². The Balaban J connectivity index is 1.73. The van der Waals surface area contributed by atoms with Crippen molar-refractivity contribution >= 4 is 29.1 Å². The Labute approximate surface area is 161 Å². The molecule has 1 amide bonds. The minimum absolute atomic E-state index is 0.329. The van der Waals surface area contributed by atoms with Crippen molar-refractivity contribution in [1.82, 2.24) is 4.98 Å². The molecule has 0 bridgehead atoms. The second-order valence-corrected chi connectivity index (χ2v) is 5.74. The lowest BCUT2D eigenvalue weighted by Gasteiger charge is -2.09. The summed E-state index contributed by atoms with van der Waals surface area (Å²) in [4.78, 5) is 28.2. The maximum atomic E-state index is 12.5. The molecule has 7 heteroatoms. The van der Waals surface area contributed by atoms with Crippen LogP contribution in [0.2, 0.25) is 0 Å². The maximum absolute atomic E-state index is 12.5. The molecule has 7 nitrogen and oxygen atoms in total. The van der Waals surface area contributed by atoms with Crippen LogP contribution in [0.25, 0.3) is 0 Å². The van der Waals surface area contributed by atoms with Crippen molar-refractivity contribution in [1.29, 1.82) is 5.26 Å². The van der Waals surface area contributed by atoms with Gasteiger partial charge in [-0.25, -0.2) is 9.78 Å². The minimum atomic E-state index is -0.444. The number of para-hydroxylation sites is 1. The number of carbonyl (C=O) groups excluding carboxylic acids is 2. The summed E-state index contributed by atoms with van der Waals surface area (Å²) in [5.41, 5.74) is 2.41. The van der Waals surface area contributed by atoms with E-state index in [9.17, 15) is 9.59 Å². The van der Waals surface area contributed by atoms with Gasteiger partial charge < -0.3 is 15.4 Å². The van der Waals surface area contributed by atoms with Crippen molar-refractivity contribution in [2.75, 3.05) is 17.7 Å². The van der Waals surface area contributed by atoms with Crippen LogP contribution in [-0.4, -0.2) is 24.0 Å². The minimum Gasteiger partial charge on any atom is -0.465 e. The molecule has 3 rings (SSSR count). The van der Waals surface area contributed by atoms with Crippen LogP contribution < -0.4 is 10.6 Å². The topological polar surface area (TPSA) is 104 Å². The van der Waals surface area contributed by atoms with Crippen LogP contribution in [-0.2, 0) is 4.74 Å². The predicted octanol–water partition coefficient (Wildman–Crippen LogP) is 3.74. The van der Waals surface area contributed by atoms with Crippen molar-refractivity contribution in [3.63, 3.8) is 0 Å². The molecule has 0 radical (unpaired) electrons. The molecule has 0 aliphatic rings. The molecule has 0 saturated carbocycles. The summed E-state index contributed by atoms with van der Waals surface area (Å²) < 4.78 is 4.64. The zero-order valence-electron chi connectivity index (χ0n) is 15.0. The Morgan fingerprint density at radius 3 is 2.50 bits per heavy atom. The molecule has 28 heavy (non-hydrogen) atoms. The number of nitrogens with one attached hydrogen (secondary N) is 2. The zero-order valence-corrected chi connectivity index (χ0v) is 15.0. The van der Waals surface area contributed by atoms with Crippen LogP contribution in [0.3, 0.4) is 0 Å². The van der Waals surface area contributed by atoms with E-state index >= 15 is 0 Å². The number of benzene rings is 2. The summed E-state index contributed by atoms with van der Waals surface area (Å²) in [5, 5.41) is 15.0. The van der Waals surface area contributed by atoms with E-state index in [2.05, 4.69) is 26.4 Å². The number of aromatic nitrogens is 1. The monoisotopic (exact) mass is 372 g/mol. The molecule has 3 aromatic rings. The number of ether oxygens (including phenoxy) is 1. The number of nitrogens with zero attached hydrogens (tertiary/aromatic N) is 2. The molecule has 0 atom stereocenters. The van der Waals surface area contributed by atoms with Gasteiger partial charge >= 0.3 is 5.97 Å². The molecule has 1 aromatic heterocycles. The van der Waals surface area contributed by atoms with Crippen LogP contribution in [0.1, 0.15) is 26.3 Å². The van der Waals surface area contributed by atoms with Crippen molar-refractivity contribution in [3.05, 3.63) is 83.6 Å². The first-order valence-electron chi connectivity index (χ1n) is 8.32. The molecule has 0 unspecified atom stereocenters. The highest BCUT2D eigenvalue weighted by Gasteiger charge is 2.10. The van der Waals surface area contributed by atoms with Crippen LogP contribution >= 0.6 is 0 Å². The third-order valence-corrected chi connectivity index (χ3v) is 3.90. The van der Waals surface area contributed by atoms with Crippen LogP contribution in [0.15, 0.2) is 66.9 Å². The van der Waals surface area contributed by atoms with Crippen molar-refractivity contribution in [3.8, 4) is 6.07 Å². The van der Waals surface area contributed by atoms with Gasteiger partial charge in [-0.3, -0.25) is 4.79 Å². The summed E-state index contributed by atoms with van der Waals surface area (Å²) in [6, 6.07) is 18.7. The number of amides is 1. The fourth-order valence-electron chi connectivity index (χ4n) is 2.48. The smallest absolute Gasteiger partial charge is 0.337 e. The number of nitriles is 1. The molecule has 0 saturated heterocycles. The average Bonchev–Trinajstić information content (AvgIpc) is 2.74. The van der Waals surface area contributed by atoms with Crippen LogP contribution in [0.5, 0.6) is 0 Å². The average molecular weight is 372 g/mol. The largest absolute Gasteiger partial charge is 0.465 e. The molecular weight excluding hydrogens is 356 g/mol. The number of hydrogen-bond donors (Lipinski definition) is 2. The van der Waals surface area contributed by atoms with Gasteiger partial charge in [0.2, 0.25) is 0 Å². The highest BCUT2D eigenvalue weighted by molar-refractivity contribution is 6.05. The van der Waals surface area contributed by atoms with E-state index in [1.54, 1.807) is 60.7 Å². The number of rotatable bonds is 5. The second-order valence-electron chi connectivity index (χ2n) is 5.74. The third kappa shape index (κ3) is 4.31. The first-order valence-corrected chi connectivity index (χ1v) is 8.32. The number of pyridine rings is 1. The second kappa shape index (κ2) is 8.47. The first-order chi connectivity index (χ1) is 13.6. The molecule has 0 spiro atoms. The standard InChI is InChI=1S/C21H16N4O3/c1-28-21(27)14-6-8-17(9-7-14)24-20(26)15-10-11-23-19(12-15)25-18-5-3-2-4-16(18)13-22/h2-12H,1H3,(H,23,25)(H,24,26). The van der Waals surface area contributed by atoms with Gasteiger partial charge in [0.1, 0.15) is 11.9 Å². The predicted molar refractivity (Wildman–Crippen MR) is 104 cm³/mol. The summed E-state index contributed by atoms with van der Waals surface area (Å²) in [7, 11) is 1.31. The summed E-state index contributed by atoms with van der Waals surface area (Å²) in [6.07, 6.45) is 1.51. The van der Waals surface area contributed by atoms with Gasteiger partial charge in [0.25, 0.3) is 5.91 Å². The van der Waals surface area contributed by atoms with E-state index in [0.29, 0.717) is 33.9 Å². The quantitative estimate of drug-likeness (QED) is 0.661. The fraction of sp³-hybridized carbons (Fsp3) is 0.0476. The summed E-state index contributed by atoms with van der Waals surface area (Å²) >= 11 is 0. The van der Waals surface area contributed by atoms with E-state index in [1.165, 1.54) is 13.3 Å². The van der Waals surface area contributed by atoms with E-state index in [0.717, 1.165) is 0 Å². The van der Waals surface area contributed by atoms with Gasteiger partial charge in [-0.05, 0) is 48.5 Å². The Morgan fingerprint density at radius 2 is 1.79 bits per heavy atom. The highest BCUT2D eigenvalue weighted by atomic mass is 16.5. The lowest BCUT2D eigenvalue weighted by Crippen LogP contribution is -2.12. The van der Waals surface area contributed by atoms with Gasteiger partial charge in [0.05, 0.1) is 23.9 Å². The summed E-state index contributed by atoms with van der Waals surface area (Å²) in [6.45, 7) is 0. The van der Waals surface area contributed by atoms with Crippen LogP contribution in [0, 0.1) is 11.3 Å². The van der Waals surface area contributed by atoms with Crippen molar-refractivity contribution in [2.24, 2.45) is 0 Å². The van der Waals surface area contributed by atoms with Gasteiger partial charge in [-0.1, -0.05) is 12.1 Å². The molecule has 0 aliphatic heterocycles. The number of carbonyl (C=O) groups is 2. The normalized spacial score (nSPS) is 9.86. The van der Waals surface area contributed by atoms with Gasteiger partial charge in [-0.2, -0.15) is 5.26 Å². The fourth-order valence-corrected chi connectivity index (χ4v) is 2.48. The van der Waals surface area contributed by atoms with Gasteiger partial charge in [0, 0.05) is 17.4 Å². The highest BCUT2D eigenvalue weighted by Crippen LogP contribution is 2.20. The molecule has 0 fully saturated rings. The number of anilines is 3. The number of esters is 1. The maximum Gasteiger partial charge on any atom is 0.337 e. The molecule has 0 aliphatic carbocycles. The zero-order chi connectivity index (χ0) is 19.9. The molecule has 2 N–H and O–H groups in total. The third-order valence-electron chi connectivity index (χ3n) is 3.90. The van der Waals surface area contributed by atoms with Crippen molar-refractivity contribution < 1.29 is 14.3 Å². The molecule has 2 aromatic carbocycles. The summed E-state index contributed by atoms with van der Waals surface area (Å²) in [5.74, 6) is -0.332. The lowest BCUT2D eigenvalue weighted by atomic mass is 10.2. The Hall–Kier alpha value is -4.18. The molecular formula is C21H16N4O3. The van der Waals surface area contributed by atoms with E-state index in [-0.39, 0.29) is 5.91 Å². The number of methoxy groups -OCH3 is 1.